The fourth-order valence-corrected chi connectivity index (χ4v) is 0.0527. The Labute approximate surface area is 61.6 Å². The van der Waals surface area contributed by atoms with Gasteiger partial charge in [0.15, 0.2) is 0 Å². The SMILES string of the molecule is Br.N#CC([SeH])CN. The average Bonchev–Trinajstić information content (AvgIpc) is 1.65. The van der Waals surface area contributed by atoms with Gasteiger partial charge in [0.05, 0.1) is 0 Å². The molecule has 7 heavy (non-hydrogen) atoms. The van der Waals surface area contributed by atoms with Gasteiger partial charge < -0.3 is 0 Å². The van der Waals surface area contributed by atoms with Gasteiger partial charge in [-0.15, -0.1) is 17.0 Å². The second-order valence-corrected chi connectivity index (χ2v) is 2.19. The van der Waals surface area contributed by atoms with Gasteiger partial charge in [0.2, 0.25) is 0 Å². The number of nitrogens with zero attached hydrogens (tertiary/aromatic N) is 1. The maximum atomic E-state index is 7.99. The molecule has 0 aromatic heterocycles. The van der Waals surface area contributed by atoms with Crippen LogP contribution in [0.2, 0.25) is 4.82 Å². The molecule has 0 rings (SSSR count). The van der Waals surface area contributed by atoms with Crippen molar-refractivity contribution in [2.75, 3.05) is 6.54 Å². The van der Waals surface area contributed by atoms with E-state index >= 15 is 0 Å². The third-order valence-electron chi connectivity index (χ3n) is 0.372. The first kappa shape index (κ1) is 10.4. The van der Waals surface area contributed by atoms with Crippen LogP contribution in [0.25, 0.3) is 0 Å². The van der Waals surface area contributed by atoms with Gasteiger partial charge in [-0.05, 0) is 0 Å². The van der Waals surface area contributed by atoms with Crippen LogP contribution >= 0.6 is 17.0 Å². The summed E-state index contributed by atoms with van der Waals surface area (Å²) in [4.78, 5) is -0.0440. The van der Waals surface area contributed by atoms with Gasteiger partial charge in [-0.2, -0.15) is 0 Å². The van der Waals surface area contributed by atoms with Crippen molar-refractivity contribution in [3.8, 4) is 6.07 Å². The molecule has 0 aliphatic carbocycles. The third kappa shape index (κ3) is 6.45. The molecule has 0 saturated heterocycles. The van der Waals surface area contributed by atoms with Crippen LogP contribution in [-0.2, 0) is 0 Å². The molecule has 1 unspecified atom stereocenters. The minimum absolute atomic E-state index is 0. The zero-order valence-electron chi connectivity index (χ0n) is 3.66. The number of nitriles is 1. The van der Waals surface area contributed by atoms with Gasteiger partial charge >= 0.3 is 44.4 Å². The van der Waals surface area contributed by atoms with Crippen molar-refractivity contribution in [2.45, 2.75) is 4.82 Å². The summed E-state index contributed by atoms with van der Waals surface area (Å²) in [6.07, 6.45) is 0. The Morgan fingerprint density at radius 1 is 1.86 bits per heavy atom. The molecule has 4 heteroatoms. The van der Waals surface area contributed by atoms with Crippen LogP contribution in [-0.4, -0.2) is 22.6 Å². The number of nitrogens with two attached hydrogens (primary N) is 1. The van der Waals surface area contributed by atoms with Gasteiger partial charge in [0, 0.05) is 0 Å². The van der Waals surface area contributed by atoms with E-state index in [1.807, 2.05) is 6.07 Å². The normalized spacial score (nSPS) is 11.0. The van der Waals surface area contributed by atoms with Crippen molar-refractivity contribution in [3.05, 3.63) is 0 Å². The first-order valence-electron chi connectivity index (χ1n) is 1.59. The summed E-state index contributed by atoms with van der Waals surface area (Å²) >= 11 is 2.19. The standard InChI is InChI=1S/C3H6N2Se.BrH/c4-1-3(6)2-5;/h3,6H,1,4H2;1H. The van der Waals surface area contributed by atoms with Crippen LogP contribution in [0.3, 0.4) is 0 Å². The fraction of sp³-hybridized carbons (Fsp3) is 0.667. The predicted octanol–water partition coefficient (Wildman–Crippen LogP) is -0.264. The molecule has 2 N–H and O–H groups in total. The summed E-state index contributed by atoms with van der Waals surface area (Å²) in [5, 5.41) is 7.99. The van der Waals surface area contributed by atoms with Gasteiger partial charge in [-0.3, -0.25) is 0 Å². The van der Waals surface area contributed by atoms with E-state index in [-0.39, 0.29) is 21.8 Å². The Balaban J connectivity index is 0. The van der Waals surface area contributed by atoms with Crippen molar-refractivity contribution >= 4 is 33.0 Å². The second kappa shape index (κ2) is 6.45. The van der Waals surface area contributed by atoms with Crippen LogP contribution in [0.1, 0.15) is 0 Å². The molecule has 0 fully saturated rings. The molecule has 0 radical (unpaired) electrons. The van der Waals surface area contributed by atoms with Crippen molar-refractivity contribution < 1.29 is 0 Å². The summed E-state index contributed by atoms with van der Waals surface area (Å²) in [6, 6.07) is 1.96. The molecule has 0 aliphatic heterocycles. The quantitative estimate of drug-likeness (QED) is 0.630. The van der Waals surface area contributed by atoms with E-state index in [4.69, 9.17) is 11.0 Å². The molecule has 0 amide bonds. The predicted molar refractivity (Wildman–Crippen MR) is 35.9 cm³/mol. The Morgan fingerprint density at radius 2 is 2.29 bits per heavy atom. The molecule has 42 valence electrons. The molecule has 0 heterocycles. The summed E-state index contributed by atoms with van der Waals surface area (Å²) in [7, 11) is 0. The summed E-state index contributed by atoms with van der Waals surface area (Å²) in [6.45, 7) is 0.441. The molecule has 0 aromatic carbocycles. The van der Waals surface area contributed by atoms with E-state index in [0.717, 1.165) is 0 Å². The molecular weight excluding hydrogens is 223 g/mol. The van der Waals surface area contributed by atoms with Crippen LogP contribution < -0.4 is 5.73 Å². The molecule has 0 saturated carbocycles. The van der Waals surface area contributed by atoms with Crippen LogP contribution in [0.4, 0.5) is 0 Å². The van der Waals surface area contributed by atoms with Crippen LogP contribution in [0.15, 0.2) is 0 Å². The number of rotatable bonds is 1. The molecule has 2 nitrogen and oxygen atoms in total. The van der Waals surface area contributed by atoms with E-state index in [1.54, 1.807) is 0 Å². The minimum atomic E-state index is -0.0440. The molecule has 0 aliphatic rings. The van der Waals surface area contributed by atoms with Crippen LogP contribution in [0, 0.1) is 11.3 Å². The Morgan fingerprint density at radius 3 is 2.29 bits per heavy atom. The Bertz CT molecular complexity index is 69.8. The summed E-state index contributed by atoms with van der Waals surface area (Å²) < 4.78 is 0. The first-order chi connectivity index (χ1) is 2.81. The van der Waals surface area contributed by atoms with E-state index in [0.29, 0.717) is 6.54 Å². The van der Waals surface area contributed by atoms with E-state index in [2.05, 4.69) is 16.0 Å². The van der Waals surface area contributed by atoms with Crippen molar-refractivity contribution in [1.82, 2.24) is 0 Å². The maximum absolute atomic E-state index is 7.99. The monoisotopic (exact) mass is 230 g/mol. The van der Waals surface area contributed by atoms with Gasteiger partial charge in [-0.1, -0.05) is 0 Å². The number of hydrogen-bond acceptors (Lipinski definition) is 2. The fourth-order valence-electron chi connectivity index (χ4n) is 0.0527. The van der Waals surface area contributed by atoms with E-state index in [9.17, 15) is 0 Å². The van der Waals surface area contributed by atoms with Gasteiger partial charge in [0.1, 0.15) is 0 Å². The Kier molecular flexibility index (Phi) is 9.61. The topological polar surface area (TPSA) is 49.8 Å². The second-order valence-electron chi connectivity index (χ2n) is 0.881. The molecule has 0 spiro atoms. The van der Waals surface area contributed by atoms with Crippen LogP contribution in [0.5, 0.6) is 0 Å². The molecule has 1 atom stereocenters. The van der Waals surface area contributed by atoms with Gasteiger partial charge in [-0.25, -0.2) is 0 Å². The van der Waals surface area contributed by atoms with Crippen molar-refractivity contribution in [1.29, 1.82) is 5.26 Å². The number of hydrogen-bond donors (Lipinski definition) is 1. The average molecular weight is 230 g/mol. The van der Waals surface area contributed by atoms with E-state index < -0.39 is 0 Å². The number of halogens is 1. The molecular formula is C3H7BrN2Se. The Hall–Kier alpha value is 0.449. The van der Waals surface area contributed by atoms with Crippen molar-refractivity contribution in [2.24, 2.45) is 5.73 Å². The molecule has 0 bridgehead atoms. The zero-order valence-corrected chi connectivity index (χ0v) is 7.25. The molecule has 0 aromatic rings. The van der Waals surface area contributed by atoms with Crippen molar-refractivity contribution in [3.63, 3.8) is 0 Å². The summed E-state index contributed by atoms with van der Waals surface area (Å²) in [5.41, 5.74) is 5.04. The zero-order chi connectivity index (χ0) is 4.99. The van der Waals surface area contributed by atoms with Gasteiger partial charge in [0.25, 0.3) is 0 Å². The first-order valence-corrected chi connectivity index (χ1v) is 2.67. The van der Waals surface area contributed by atoms with E-state index in [1.165, 1.54) is 0 Å². The third-order valence-corrected chi connectivity index (χ3v) is 1.06. The summed E-state index contributed by atoms with van der Waals surface area (Å²) in [5.74, 6) is 0.